The van der Waals surface area contributed by atoms with Gasteiger partial charge in [-0.2, -0.15) is 13.2 Å². The molecule has 0 amide bonds. The molecule has 0 aliphatic rings. The number of nitrogens with zero attached hydrogens (tertiary/aromatic N) is 3. The second kappa shape index (κ2) is 4.56. The Hall–Kier alpha value is -0.630. The Morgan fingerprint density at radius 3 is 2.47 bits per heavy atom. The standard InChI is InChI=1S/C9H6Br2F3N3/c10-7(9(12,13)14)8(11)17-6-4-2-1-3-5(6)15-16-17/h1-4,7-8H. The summed E-state index contributed by atoms with van der Waals surface area (Å²) in [4.78, 5) is -2.78. The lowest BCUT2D eigenvalue weighted by Gasteiger charge is -2.19. The first kappa shape index (κ1) is 12.8. The van der Waals surface area contributed by atoms with Crippen molar-refractivity contribution < 1.29 is 13.2 Å². The Balaban J connectivity index is 2.40. The number of hydrogen-bond donors (Lipinski definition) is 0. The van der Waals surface area contributed by atoms with Gasteiger partial charge < -0.3 is 0 Å². The van der Waals surface area contributed by atoms with E-state index in [-0.39, 0.29) is 0 Å². The highest BCUT2D eigenvalue weighted by molar-refractivity contribution is 9.12. The zero-order chi connectivity index (χ0) is 12.6. The van der Waals surface area contributed by atoms with Gasteiger partial charge in [-0.1, -0.05) is 49.2 Å². The largest absolute Gasteiger partial charge is 0.404 e. The monoisotopic (exact) mass is 371 g/mol. The maximum atomic E-state index is 12.6. The molecule has 2 rings (SSSR count). The fourth-order valence-corrected chi connectivity index (χ4v) is 2.18. The summed E-state index contributed by atoms with van der Waals surface area (Å²) in [5.74, 6) is 0. The van der Waals surface area contributed by atoms with Crippen LogP contribution < -0.4 is 0 Å². The van der Waals surface area contributed by atoms with Crippen LogP contribution in [-0.4, -0.2) is 26.0 Å². The van der Waals surface area contributed by atoms with Gasteiger partial charge in [-0.25, -0.2) is 4.68 Å². The van der Waals surface area contributed by atoms with Crippen molar-refractivity contribution in [3.05, 3.63) is 24.3 Å². The van der Waals surface area contributed by atoms with E-state index in [9.17, 15) is 13.2 Å². The van der Waals surface area contributed by atoms with Gasteiger partial charge in [0.2, 0.25) is 0 Å². The molecule has 0 fully saturated rings. The van der Waals surface area contributed by atoms with Gasteiger partial charge in [-0.15, -0.1) is 5.10 Å². The second-order valence-electron chi connectivity index (χ2n) is 3.34. The zero-order valence-electron chi connectivity index (χ0n) is 8.20. The molecule has 17 heavy (non-hydrogen) atoms. The van der Waals surface area contributed by atoms with Gasteiger partial charge in [0, 0.05) is 0 Å². The fraction of sp³-hybridized carbons (Fsp3) is 0.333. The summed E-state index contributed by atoms with van der Waals surface area (Å²) in [6.45, 7) is 0. The minimum absolute atomic E-state index is 0.545. The molecule has 92 valence electrons. The van der Waals surface area contributed by atoms with Crippen molar-refractivity contribution in [2.45, 2.75) is 16.0 Å². The summed E-state index contributed by atoms with van der Waals surface area (Å²) in [5.41, 5.74) is 1.10. The van der Waals surface area contributed by atoms with E-state index in [1.807, 2.05) is 0 Å². The van der Waals surface area contributed by atoms with Crippen LogP contribution in [0.25, 0.3) is 11.0 Å². The molecule has 2 atom stereocenters. The van der Waals surface area contributed by atoms with Crippen LogP contribution in [-0.2, 0) is 0 Å². The molecule has 2 aromatic rings. The van der Waals surface area contributed by atoms with E-state index in [0.29, 0.717) is 11.0 Å². The molecule has 0 radical (unpaired) electrons. The predicted octanol–water partition coefficient (Wildman–Crippen LogP) is 3.65. The Morgan fingerprint density at radius 1 is 1.18 bits per heavy atom. The van der Waals surface area contributed by atoms with Crippen LogP contribution in [0.15, 0.2) is 24.3 Å². The summed E-state index contributed by atoms with van der Waals surface area (Å²) in [7, 11) is 0. The van der Waals surface area contributed by atoms with Gasteiger partial charge >= 0.3 is 6.18 Å². The predicted molar refractivity (Wildman–Crippen MR) is 64.3 cm³/mol. The lowest BCUT2D eigenvalue weighted by molar-refractivity contribution is -0.129. The first-order chi connectivity index (χ1) is 7.91. The van der Waals surface area contributed by atoms with Crippen LogP contribution in [0.5, 0.6) is 0 Å². The SMILES string of the molecule is FC(F)(F)C(Br)C(Br)n1nnc2ccccc21. The number of fused-ring (bicyclic) bond motifs is 1. The third-order valence-corrected chi connectivity index (χ3v) is 4.81. The quantitative estimate of drug-likeness (QED) is 0.753. The maximum absolute atomic E-state index is 12.6. The highest BCUT2D eigenvalue weighted by Crippen LogP contribution is 2.38. The molecule has 1 aromatic carbocycles. The molecule has 0 saturated carbocycles. The number of hydrogen-bond acceptors (Lipinski definition) is 2. The molecule has 1 heterocycles. The Morgan fingerprint density at radius 2 is 1.82 bits per heavy atom. The summed E-state index contributed by atoms with van der Waals surface area (Å²) in [5, 5.41) is 7.52. The van der Waals surface area contributed by atoms with Crippen molar-refractivity contribution in [1.29, 1.82) is 0 Å². The van der Waals surface area contributed by atoms with Crippen LogP contribution in [0.2, 0.25) is 0 Å². The van der Waals surface area contributed by atoms with Gasteiger partial charge in [-0.3, -0.25) is 0 Å². The van der Waals surface area contributed by atoms with Crippen molar-refractivity contribution in [3.63, 3.8) is 0 Å². The molecule has 0 bridgehead atoms. The molecule has 8 heteroatoms. The Labute approximate surface area is 111 Å². The number of aromatic nitrogens is 3. The molecular weight excluding hydrogens is 367 g/mol. The van der Waals surface area contributed by atoms with Gasteiger partial charge in [-0.05, 0) is 12.1 Å². The highest BCUT2D eigenvalue weighted by Gasteiger charge is 2.43. The first-order valence-electron chi connectivity index (χ1n) is 4.56. The molecule has 0 saturated heterocycles. The van der Waals surface area contributed by atoms with Crippen LogP contribution in [0.3, 0.4) is 0 Å². The minimum atomic E-state index is -4.36. The smallest absolute Gasteiger partial charge is 0.229 e. The van der Waals surface area contributed by atoms with Crippen molar-refractivity contribution >= 4 is 42.9 Å². The van der Waals surface area contributed by atoms with Crippen LogP contribution >= 0.6 is 31.9 Å². The van der Waals surface area contributed by atoms with E-state index < -0.39 is 16.0 Å². The summed E-state index contributed by atoms with van der Waals surface area (Å²) >= 11 is 5.59. The number of benzene rings is 1. The zero-order valence-corrected chi connectivity index (χ0v) is 11.4. The van der Waals surface area contributed by atoms with E-state index >= 15 is 0 Å². The molecule has 0 aliphatic carbocycles. The minimum Gasteiger partial charge on any atom is -0.229 e. The highest BCUT2D eigenvalue weighted by atomic mass is 79.9. The van der Waals surface area contributed by atoms with E-state index in [0.717, 1.165) is 0 Å². The molecule has 0 aliphatic heterocycles. The lowest BCUT2D eigenvalue weighted by atomic mass is 10.3. The van der Waals surface area contributed by atoms with Crippen LogP contribution in [0, 0.1) is 0 Å². The number of halogens is 5. The molecule has 2 unspecified atom stereocenters. The fourth-order valence-electron chi connectivity index (χ4n) is 1.35. The molecule has 0 N–H and O–H groups in total. The average molecular weight is 373 g/mol. The van der Waals surface area contributed by atoms with E-state index in [1.165, 1.54) is 4.68 Å². The van der Waals surface area contributed by atoms with E-state index in [4.69, 9.17) is 0 Å². The lowest BCUT2D eigenvalue weighted by Crippen LogP contribution is -2.30. The summed E-state index contributed by atoms with van der Waals surface area (Å²) in [6, 6.07) is 6.83. The van der Waals surface area contributed by atoms with Gasteiger partial charge in [0.15, 0.2) is 0 Å². The number of para-hydroxylation sites is 1. The van der Waals surface area contributed by atoms with Crippen molar-refractivity contribution in [2.75, 3.05) is 0 Å². The van der Waals surface area contributed by atoms with Crippen molar-refractivity contribution in [1.82, 2.24) is 15.0 Å². The average Bonchev–Trinajstić information content (AvgIpc) is 2.69. The van der Waals surface area contributed by atoms with E-state index in [1.54, 1.807) is 24.3 Å². The second-order valence-corrected chi connectivity index (χ2v) is 5.26. The molecular formula is C9H6Br2F3N3. The van der Waals surface area contributed by atoms with Gasteiger partial charge in [0.05, 0.1) is 5.52 Å². The van der Waals surface area contributed by atoms with Crippen LogP contribution in [0.1, 0.15) is 4.95 Å². The number of alkyl halides is 5. The normalized spacial score (nSPS) is 16.1. The van der Waals surface area contributed by atoms with Crippen LogP contribution in [0.4, 0.5) is 13.2 Å². The number of rotatable bonds is 2. The van der Waals surface area contributed by atoms with Gasteiger partial charge in [0.1, 0.15) is 15.3 Å². The molecule has 1 aromatic heterocycles. The maximum Gasteiger partial charge on any atom is 0.404 e. The van der Waals surface area contributed by atoms with Crippen molar-refractivity contribution in [3.8, 4) is 0 Å². The molecule has 3 nitrogen and oxygen atoms in total. The first-order valence-corrected chi connectivity index (χ1v) is 6.39. The molecule has 0 spiro atoms. The van der Waals surface area contributed by atoms with Gasteiger partial charge in [0.25, 0.3) is 0 Å². The third kappa shape index (κ3) is 2.47. The Kier molecular flexibility index (Phi) is 3.44. The Bertz CT molecular complexity index is 525. The van der Waals surface area contributed by atoms with Crippen molar-refractivity contribution in [2.24, 2.45) is 0 Å². The van der Waals surface area contributed by atoms with E-state index in [2.05, 4.69) is 42.2 Å². The summed E-state index contributed by atoms with van der Waals surface area (Å²) < 4.78 is 38.9. The third-order valence-electron chi connectivity index (χ3n) is 2.17. The summed E-state index contributed by atoms with van der Waals surface area (Å²) in [6.07, 6.45) is -4.36. The topological polar surface area (TPSA) is 30.7 Å².